The van der Waals surface area contributed by atoms with Crippen molar-refractivity contribution in [1.82, 2.24) is 5.32 Å². The summed E-state index contributed by atoms with van der Waals surface area (Å²) in [5.41, 5.74) is 3.87. The highest BCUT2D eigenvalue weighted by Gasteiger charge is 2.34. The molecule has 0 saturated heterocycles. The maximum absolute atomic E-state index is 10.3. The summed E-state index contributed by atoms with van der Waals surface area (Å²) < 4.78 is 0. The average Bonchev–Trinajstić information content (AvgIpc) is 2.81. The molecule has 3 atom stereocenters. The number of hydrogen-bond donors (Lipinski definition) is 2. The Bertz CT molecular complexity index is 505. The molecule has 0 aliphatic heterocycles. The Hall–Kier alpha value is -1.02. The number of aryl methyl sites for hydroxylation is 1. The van der Waals surface area contributed by atoms with E-state index in [1.165, 1.54) is 48.8 Å². The second kappa shape index (κ2) is 6.00. The molecule has 0 radical (unpaired) electrons. The molecule has 0 spiro atoms. The topological polar surface area (TPSA) is 32.3 Å². The van der Waals surface area contributed by atoms with Gasteiger partial charge in [-0.2, -0.15) is 0 Å². The van der Waals surface area contributed by atoms with Crippen LogP contribution in [-0.4, -0.2) is 11.1 Å². The van der Waals surface area contributed by atoms with Crippen LogP contribution < -0.4 is 5.32 Å². The molecule has 0 heterocycles. The molecule has 2 nitrogen and oxygen atoms in total. The predicted molar refractivity (Wildman–Crippen MR) is 87.8 cm³/mol. The molecule has 1 aromatic carbocycles. The smallest absolute Gasteiger partial charge is 0.120 e. The molecular weight excluding hydrogens is 258 g/mol. The van der Waals surface area contributed by atoms with Crippen molar-refractivity contribution in [2.75, 3.05) is 0 Å². The Morgan fingerprint density at radius 1 is 1.14 bits per heavy atom. The molecule has 2 heteroatoms. The molecule has 2 aliphatic carbocycles. The van der Waals surface area contributed by atoms with Crippen LogP contribution in [0, 0.1) is 12.8 Å². The highest BCUT2D eigenvalue weighted by atomic mass is 16.3. The van der Waals surface area contributed by atoms with Crippen LogP contribution in [0.4, 0.5) is 0 Å². The molecule has 1 saturated carbocycles. The van der Waals surface area contributed by atoms with Gasteiger partial charge in [-0.15, -0.1) is 0 Å². The molecule has 0 aromatic heterocycles. The van der Waals surface area contributed by atoms with Crippen LogP contribution in [0.5, 0.6) is 5.75 Å². The number of phenols is 1. The maximum Gasteiger partial charge on any atom is 0.120 e. The van der Waals surface area contributed by atoms with Crippen molar-refractivity contribution in [1.29, 1.82) is 0 Å². The fourth-order valence-corrected chi connectivity index (χ4v) is 4.58. The molecule has 0 bridgehead atoms. The largest absolute Gasteiger partial charge is 0.508 e. The van der Waals surface area contributed by atoms with Crippen LogP contribution in [0.15, 0.2) is 12.1 Å². The minimum absolute atomic E-state index is 0.326. The van der Waals surface area contributed by atoms with E-state index in [1.807, 2.05) is 6.07 Å². The first-order valence-corrected chi connectivity index (χ1v) is 8.66. The maximum atomic E-state index is 10.3. The van der Waals surface area contributed by atoms with Crippen molar-refractivity contribution in [2.45, 2.75) is 77.3 Å². The number of aromatic hydroxyl groups is 1. The number of hydrogen-bond acceptors (Lipinski definition) is 2. The third-order valence-corrected chi connectivity index (χ3v) is 5.73. The predicted octanol–water partition coefficient (Wildman–Crippen LogP) is 4.81. The summed E-state index contributed by atoms with van der Waals surface area (Å²) in [7, 11) is 0. The van der Waals surface area contributed by atoms with E-state index in [-0.39, 0.29) is 0 Å². The minimum atomic E-state index is 0.326. The second-order valence-corrected chi connectivity index (χ2v) is 7.27. The van der Waals surface area contributed by atoms with Crippen LogP contribution in [-0.2, 0) is 0 Å². The summed E-state index contributed by atoms with van der Waals surface area (Å²) >= 11 is 0. The van der Waals surface area contributed by atoms with Gasteiger partial charge in [0.15, 0.2) is 0 Å². The van der Waals surface area contributed by atoms with Crippen molar-refractivity contribution in [3.8, 4) is 5.75 Å². The van der Waals surface area contributed by atoms with Gasteiger partial charge in [0, 0.05) is 17.6 Å². The van der Waals surface area contributed by atoms with E-state index >= 15 is 0 Å². The number of rotatable bonds is 3. The first kappa shape index (κ1) is 14.9. The van der Waals surface area contributed by atoms with Crippen molar-refractivity contribution >= 4 is 0 Å². The fourth-order valence-electron chi connectivity index (χ4n) is 4.58. The molecule has 2 N–H and O–H groups in total. The van der Waals surface area contributed by atoms with E-state index in [1.54, 1.807) is 0 Å². The third-order valence-electron chi connectivity index (χ3n) is 5.73. The molecule has 116 valence electrons. The summed E-state index contributed by atoms with van der Waals surface area (Å²) in [5, 5.41) is 14.2. The van der Waals surface area contributed by atoms with Gasteiger partial charge in [-0.3, -0.25) is 0 Å². The Balaban J connectivity index is 1.78. The lowest BCUT2D eigenvalue weighted by Gasteiger charge is -2.31. The first-order valence-electron chi connectivity index (χ1n) is 8.66. The average molecular weight is 287 g/mol. The summed E-state index contributed by atoms with van der Waals surface area (Å²) in [6.07, 6.45) is 8.03. The summed E-state index contributed by atoms with van der Waals surface area (Å²) in [6, 6.07) is 4.80. The molecule has 21 heavy (non-hydrogen) atoms. The zero-order valence-corrected chi connectivity index (χ0v) is 13.7. The van der Waals surface area contributed by atoms with E-state index in [0.29, 0.717) is 23.8 Å². The second-order valence-electron chi connectivity index (χ2n) is 7.27. The van der Waals surface area contributed by atoms with Crippen molar-refractivity contribution < 1.29 is 5.11 Å². The van der Waals surface area contributed by atoms with Crippen molar-refractivity contribution in [2.24, 2.45) is 5.92 Å². The van der Waals surface area contributed by atoms with Gasteiger partial charge < -0.3 is 10.4 Å². The highest BCUT2D eigenvalue weighted by Crippen LogP contribution is 2.46. The molecule has 3 unspecified atom stereocenters. The van der Waals surface area contributed by atoms with Gasteiger partial charge in [-0.05, 0) is 62.1 Å². The Labute approximate surface area is 129 Å². The highest BCUT2D eigenvalue weighted by molar-refractivity contribution is 5.50. The van der Waals surface area contributed by atoms with E-state index in [0.717, 1.165) is 12.3 Å². The van der Waals surface area contributed by atoms with E-state index in [9.17, 15) is 5.11 Å². The Morgan fingerprint density at radius 3 is 2.57 bits per heavy atom. The van der Waals surface area contributed by atoms with Crippen LogP contribution in [0.2, 0.25) is 0 Å². The van der Waals surface area contributed by atoms with Gasteiger partial charge in [0.25, 0.3) is 0 Å². The molecule has 1 aromatic rings. The van der Waals surface area contributed by atoms with Gasteiger partial charge in [0.05, 0.1) is 0 Å². The van der Waals surface area contributed by atoms with Crippen molar-refractivity contribution in [3.63, 3.8) is 0 Å². The lowest BCUT2D eigenvalue weighted by Crippen LogP contribution is -2.36. The van der Waals surface area contributed by atoms with Gasteiger partial charge >= 0.3 is 0 Å². The zero-order valence-electron chi connectivity index (χ0n) is 13.7. The number of benzene rings is 1. The molecular formula is C19H29NO. The molecule has 1 fully saturated rings. The van der Waals surface area contributed by atoms with Gasteiger partial charge in [-0.25, -0.2) is 0 Å². The van der Waals surface area contributed by atoms with Gasteiger partial charge in [-0.1, -0.05) is 32.3 Å². The summed E-state index contributed by atoms with van der Waals surface area (Å²) in [6.45, 7) is 6.80. The quantitative estimate of drug-likeness (QED) is 0.836. The summed E-state index contributed by atoms with van der Waals surface area (Å²) in [4.78, 5) is 0. The fraction of sp³-hybridized carbons (Fsp3) is 0.684. The third kappa shape index (κ3) is 2.83. The van der Waals surface area contributed by atoms with Crippen LogP contribution in [0.1, 0.15) is 81.0 Å². The monoisotopic (exact) mass is 287 g/mol. The standard InChI is InChI=1S/C19H29NO/c1-12-9-10-17(21)19-16(11-13(2)18(12)19)20-14(3)15-7-5-4-6-8-15/h9-10,13-16,20-21H,4-8,11H2,1-3H3. The van der Waals surface area contributed by atoms with Crippen LogP contribution in [0.3, 0.4) is 0 Å². The van der Waals surface area contributed by atoms with E-state index in [4.69, 9.17) is 0 Å². The molecule has 2 aliphatic rings. The lowest BCUT2D eigenvalue weighted by molar-refractivity contribution is 0.261. The lowest BCUT2D eigenvalue weighted by atomic mass is 9.84. The zero-order chi connectivity index (χ0) is 15.0. The van der Waals surface area contributed by atoms with E-state index in [2.05, 4.69) is 32.2 Å². The minimum Gasteiger partial charge on any atom is -0.508 e. The van der Waals surface area contributed by atoms with Crippen LogP contribution in [0.25, 0.3) is 0 Å². The van der Waals surface area contributed by atoms with Crippen molar-refractivity contribution in [3.05, 3.63) is 28.8 Å². The first-order chi connectivity index (χ1) is 10.1. The number of nitrogens with one attached hydrogen (secondary N) is 1. The summed E-state index contributed by atoms with van der Waals surface area (Å²) in [5.74, 6) is 1.83. The van der Waals surface area contributed by atoms with Gasteiger partial charge in [0.2, 0.25) is 0 Å². The van der Waals surface area contributed by atoms with E-state index < -0.39 is 0 Å². The van der Waals surface area contributed by atoms with Crippen LogP contribution >= 0.6 is 0 Å². The molecule has 0 amide bonds. The molecule has 3 rings (SSSR count). The number of phenolic OH excluding ortho intramolecular Hbond substituents is 1. The Kier molecular flexibility index (Phi) is 4.26. The number of fused-ring (bicyclic) bond motifs is 1. The SMILES string of the molecule is Cc1ccc(O)c2c1C(C)CC2NC(C)C1CCCCC1. The Morgan fingerprint density at radius 2 is 1.86 bits per heavy atom. The normalized spacial score (nSPS) is 27.6. The van der Waals surface area contributed by atoms with Gasteiger partial charge in [0.1, 0.15) is 5.75 Å².